The van der Waals surface area contributed by atoms with Gasteiger partial charge >= 0.3 is 0 Å². The predicted molar refractivity (Wildman–Crippen MR) is 80.9 cm³/mol. The molecule has 1 aliphatic rings. The molecule has 0 bridgehead atoms. The van der Waals surface area contributed by atoms with Crippen LogP contribution in [0.2, 0.25) is 0 Å². The van der Waals surface area contributed by atoms with Crippen molar-refractivity contribution in [2.75, 3.05) is 23.7 Å². The average molecular weight is 313 g/mol. The van der Waals surface area contributed by atoms with E-state index >= 15 is 0 Å². The Morgan fingerprint density at radius 2 is 2.00 bits per heavy atom. The van der Waals surface area contributed by atoms with Crippen LogP contribution in [0.5, 0.6) is 0 Å². The number of non-ortho nitro benzene ring substituents is 1. The van der Waals surface area contributed by atoms with Crippen molar-refractivity contribution in [1.82, 2.24) is 5.32 Å². The lowest BCUT2D eigenvalue weighted by Gasteiger charge is -2.26. The topological polar surface area (TPSA) is 92.5 Å². The molecule has 21 heavy (non-hydrogen) atoms. The molecular weight excluding hydrogens is 294 g/mol. The van der Waals surface area contributed by atoms with Gasteiger partial charge < -0.3 is 5.32 Å². The average Bonchev–Trinajstić information content (AvgIpc) is 2.47. The van der Waals surface area contributed by atoms with Crippen LogP contribution in [0.3, 0.4) is 0 Å². The largest absolute Gasteiger partial charge is 0.313 e. The Balaban J connectivity index is 2.09. The molecule has 0 aliphatic carbocycles. The number of rotatable bonds is 5. The van der Waals surface area contributed by atoms with E-state index in [2.05, 4.69) is 5.32 Å². The summed E-state index contributed by atoms with van der Waals surface area (Å²) in [5.74, 6) is 0.0422. The number of nitro benzene ring substituents is 1. The minimum Gasteiger partial charge on any atom is -0.313 e. The number of hydrogen-bond donors (Lipinski definition) is 1. The Morgan fingerprint density at radius 1 is 1.33 bits per heavy atom. The highest BCUT2D eigenvalue weighted by Crippen LogP contribution is 2.21. The lowest BCUT2D eigenvalue weighted by molar-refractivity contribution is -0.384. The molecule has 8 heteroatoms. The van der Waals surface area contributed by atoms with Crippen molar-refractivity contribution in [2.45, 2.75) is 25.3 Å². The van der Waals surface area contributed by atoms with Gasteiger partial charge in [0.2, 0.25) is 10.0 Å². The first-order valence-electron chi connectivity index (χ1n) is 6.84. The number of sulfonamides is 1. The summed E-state index contributed by atoms with van der Waals surface area (Å²) in [5.41, 5.74) is 0.370. The number of nitrogens with zero attached hydrogens (tertiary/aromatic N) is 2. The molecule has 1 unspecified atom stereocenters. The quantitative estimate of drug-likeness (QED) is 0.657. The fraction of sp³-hybridized carbons (Fsp3) is 0.538. The maximum atomic E-state index is 12.4. The second-order valence-corrected chi connectivity index (χ2v) is 7.21. The first-order valence-corrected chi connectivity index (χ1v) is 8.45. The summed E-state index contributed by atoms with van der Waals surface area (Å²) in [6, 6.07) is 5.48. The van der Waals surface area contributed by atoms with E-state index in [1.54, 1.807) is 0 Å². The number of anilines is 1. The molecule has 0 spiro atoms. The van der Waals surface area contributed by atoms with Crippen molar-refractivity contribution in [1.29, 1.82) is 0 Å². The summed E-state index contributed by atoms with van der Waals surface area (Å²) >= 11 is 0. The van der Waals surface area contributed by atoms with E-state index < -0.39 is 14.9 Å². The van der Waals surface area contributed by atoms with Crippen LogP contribution in [0.25, 0.3) is 0 Å². The molecule has 0 amide bonds. The Hall–Kier alpha value is -1.67. The summed E-state index contributed by atoms with van der Waals surface area (Å²) in [6.07, 6.45) is 2.97. The molecule has 1 aromatic carbocycles. The zero-order valence-corrected chi connectivity index (χ0v) is 12.7. The van der Waals surface area contributed by atoms with Crippen molar-refractivity contribution in [2.24, 2.45) is 0 Å². The molecule has 1 heterocycles. The summed E-state index contributed by atoms with van der Waals surface area (Å²) in [5, 5.41) is 13.8. The number of hydrogen-bond acceptors (Lipinski definition) is 5. The van der Waals surface area contributed by atoms with Gasteiger partial charge in [0.05, 0.1) is 16.4 Å². The number of nitro groups is 1. The van der Waals surface area contributed by atoms with E-state index in [0.29, 0.717) is 5.69 Å². The number of piperidine rings is 1. The molecule has 1 aliphatic heterocycles. The zero-order chi connectivity index (χ0) is 15.5. The minimum atomic E-state index is -3.45. The van der Waals surface area contributed by atoms with Crippen molar-refractivity contribution in [3.63, 3.8) is 0 Å². The van der Waals surface area contributed by atoms with Crippen LogP contribution in [-0.4, -0.2) is 38.7 Å². The predicted octanol–water partition coefficient (Wildman–Crippen LogP) is 1.50. The van der Waals surface area contributed by atoms with Crippen molar-refractivity contribution in [3.8, 4) is 0 Å². The molecule has 1 N–H and O–H groups in total. The third-order valence-corrected chi connectivity index (χ3v) is 5.53. The van der Waals surface area contributed by atoms with E-state index in [-0.39, 0.29) is 17.5 Å². The first kappa shape index (κ1) is 15.7. The molecule has 1 saturated heterocycles. The van der Waals surface area contributed by atoms with Gasteiger partial charge in [-0.1, -0.05) is 6.42 Å². The summed E-state index contributed by atoms with van der Waals surface area (Å²) in [7, 11) is -1.97. The van der Waals surface area contributed by atoms with Crippen LogP contribution >= 0.6 is 0 Å². The second kappa shape index (κ2) is 6.40. The van der Waals surface area contributed by atoms with E-state index in [9.17, 15) is 18.5 Å². The first-order chi connectivity index (χ1) is 9.90. The van der Waals surface area contributed by atoms with Crippen molar-refractivity contribution >= 4 is 21.4 Å². The monoisotopic (exact) mass is 313 g/mol. The van der Waals surface area contributed by atoms with Gasteiger partial charge in [0, 0.05) is 25.2 Å². The third kappa shape index (κ3) is 3.92. The minimum absolute atomic E-state index is 0.0238. The molecule has 1 atom stereocenters. The van der Waals surface area contributed by atoms with Gasteiger partial charge in [-0.25, -0.2) is 8.42 Å². The van der Waals surface area contributed by atoms with Crippen molar-refractivity contribution < 1.29 is 13.3 Å². The van der Waals surface area contributed by atoms with Gasteiger partial charge in [-0.15, -0.1) is 0 Å². The highest BCUT2D eigenvalue weighted by molar-refractivity contribution is 7.92. The normalized spacial score (nSPS) is 19.2. The molecule has 0 radical (unpaired) electrons. The van der Waals surface area contributed by atoms with Gasteiger partial charge in [0.1, 0.15) is 0 Å². The molecular formula is C13H19N3O4S. The van der Waals surface area contributed by atoms with E-state index in [4.69, 9.17) is 0 Å². The molecule has 7 nitrogen and oxygen atoms in total. The maximum Gasteiger partial charge on any atom is 0.269 e. The SMILES string of the molecule is CN(c1ccc([N+](=O)[O-])cc1)S(=O)(=O)CC1CCCCN1. The lowest BCUT2D eigenvalue weighted by Crippen LogP contribution is -2.43. The smallest absolute Gasteiger partial charge is 0.269 e. The molecule has 0 saturated carbocycles. The second-order valence-electron chi connectivity index (χ2n) is 5.17. The van der Waals surface area contributed by atoms with Gasteiger partial charge in [-0.3, -0.25) is 14.4 Å². The maximum absolute atomic E-state index is 12.4. The lowest BCUT2D eigenvalue weighted by atomic mass is 10.1. The molecule has 2 rings (SSSR count). The van der Waals surface area contributed by atoms with Crippen LogP contribution < -0.4 is 9.62 Å². The van der Waals surface area contributed by atoms with Gasteiger partial charge in [0.25, 0.3) is 5.69 Å². The van der Waals surface area contributed by atoms with Crippen LogP contribution in [-0.2, 0) is 10.0 Å². The van der Waals surface area contributed by atoms with Crippen LogP contribution in [0.15, 0.2) is 24.3 Å². The Bertz CT molecular complexity index is 594. The van der Waals surface area contributed by atoms with Crippen LogP contribution in [0.4, 0.5) is 11.4 Å². The molecule has 1 fully saturated rings. The number of benzene rings is 1. The van der Waals surface area contributed by atoms with Gasteiger partial charge in [0.15, 0.2) is 0 Å². The fourth-order valence-electron chi connectivity index (χ4n) is 2.38. The molecule has 1 aromatic rings. The van der Waals surface area contributed by atoms with Gasteiger partial charge in [-0.05, 0) is 31.5 Å². The highest BCUT2D eigenvalue weighted by Gasteiger charge is 2.25. The van der Waals surface area contributed by atoms with Crippen LogP contribution in [0, 0.1) is 10.1 Å². The Labute approximate surface area is 124 Å². The number of nitrogens with one attached hydrogen (secondary N) is 1. The Kier molecular flexibility index (Phi) is 4.79. The standard InChI is InChI=1S/C13H19N3O4S/c1-15(12-5-7-13(8-6-12)16(17)18)21(19,20)10-11-4-2-3-9-14-11/h5-8,11,14H,2-4,9-10H2,1H3. The zero-order valence-electron chi connectivity index (χ0n) is 11.9. The van der Waals surface area contributed by atoms with E-state index in [1.165, 1.54) is 35.6 Å². The highest BCUT2D eigenvalue weighted by atomic mass is 32.2. The van der Waals surface area contributed by atoms with E-state index in [0.717, 1.165) is 25.8 Å². The third-order valence-electron chi connectivity index (χ3n) is 3.67. The molecule has 0 aromatic heterocycles. The fourth-order valence-corrected chi connectivity index (χ4v) is 3.84. The van der Waals surface area contributed by atoms with Gasteiger partial charge in [-0.2, -0.15) is 0 Å². The van der Waals surface area contributed by atoms with Crippen LogP contribution in [0.1, 0.15) is 19.3 Å². The van der Waals surface area contributed by atoms with E-state index in [1.807, 2.05) is 0 Å². The Morgan fingerprint density at radius 3 is 2.52 bits per heavy atom. The summed E-state index contributed by atoms with van der Waals surface area (Å²) in [6.45, 7) is 0.849. The summed E-state index contributed by atoms with van der Waals surface area (Å²) < 4.78 is 25.9. The molecule has 116 valence electrons. The van der Waals surface area contributed by atoms with Crippen molar-refractivity contribution in [3.05, 3.63) is 34.4 Å². The summed E-state index contributed by atoms with van der Waals surface area (Å²) in [4.78, 5) is 10.1.